The molecule has 0 saturated carbocycles. The molecule has 0 heterocycles. The van der Waals surface area contributed by atoms with Gasteiger partial charge in [0.25, 0.3) is 0 Å². The molecule has 1 aromatic rings. The van der Waals surface area contributed by atoms with Gasteiger partial charge in [0.05, 0.1) is 5.56 Å². The molecule has 0 radical (unpaired) electrons. The molecule has 2 nitrogen and oxygen atoms in total. The quantitative estimate of drug-likeness (QED) is 0.651. The summed E-state index contributed by atoms with van der Waals surface area (Å²) in [7, 11) is 0. The standard InChI is InChI=1S/C12H10F4O2/c1-6(7(2)11(17)18)9-5-8(12(14,15)16)3-4-10(9)13/h3-5H,1-2H3,(H,17,18)/b7-6-. The van der Waals surface area contributed by atoms with Gasteiger partial charge in [-0.15, -0.1) is 0 Å². The van der Waals surface area contributed by atoms with E-state index in [0.717, 1.165) is 0 Å². The van der Waals surface area contributed by atoms with Crippen molar-refractivity contribution >= 4 is 11.5 Å². The van der Waals surface area contributed by atoms with Crippen LogP contribution in [0, 0.1) is 5.82 Å². The average molecular weight is 262 g/mol. The zero-order chi connectivity index (χ0) is 14.1. The second-order valence-corrected chi connectivity index (χ2v) is 3.75. The van der Waals surface area contributed by atoms with Crippen LogP contribution < -0.4 is 0 Å². The topological polar surface area (TPSA) is 37.3 Å². The number of benzene rings is 1. The molecule has 0 saturated heterocycles. The minimum atomic E-state index is -4.60. The van der Waals surface area contributed by atoms with Crippen molar-refractivity contribution in [3.63, 3.8) is 0 Å². The van der Waals surface area contributed by atoms with Crippen LogP contribution in [0.2, 0.25) is 0 Å². The summed E-state index contributed by atoms with van der Waals surface area (Å²) in [6, 6.07) is 1.90. The fourth-order valence-electron chi connectivity index (χ4n) is 1.35. The van der Waals surface area contributed by atoms with Crippen LogP contribution in [-0.2, 0) is 11.0 Å². The lowest BCUT2D eigenvalue weighted by Gasteiger charge is -2.11. The van der Waals surface area contributed by atoms with Gasteiger partial charge in [0.15, 0.2) is 0 Å². The third-order valence-electron chi connectivity index (χ3n) is 2.58. The first-order valence-corrected chi connectivity index (χ1v) is 4.92. The lowest BCUT2D eigenvalue weighted by Crippen LogP contribution is -2.07. The molecule has 6 heteroatoms. The number of halogens is 4. The minimum absolute atomic E-state index is 0.0360. The Bertz CT molecular complexity index is 515. The molecule has 0 bridgehead atoms. The Morgan fingerprint density at radius 1 is 1.22 bits per heavy atom. The van der Waals surface area contributed by atoms with Gasteiger partial charge in [-0.1, -0.05) is 0 Å². The summed E-state index contributed by atoms with van der Waals surface area (Å²) in [6.45, 7) is 2.47. The second-order valence-electron chi connectivity index (χ2n) is 3.75. The van der Waals surface area contributed by atoms with Crippen LogP contribution >= 0.6 is 0 Å². The van der Waals surface area contributed by atoms with Crippen LogP contribution in [0.5, 0.6) is 0 Å². The first-order chi connectivity index (χ1) is 8.14. The van der Waals surface area contributed by atoms with E-state index in [0.29, 0.717) is 18.2 Å². The fraction of sp³-hybridized carbons (Fsp3) is 0.250. The number of carbonyl (C=O) groups is 1. The molecule has 1 aromatic carbocycles. The summed E-state index contributed by atoms with van der Waals surface area (Å²) in [5, 5.41) is 8.73. The highest BCUT2D eigenvalue weighted by atomic mass is 19.4. The molecule has 0 amide bonds. The molecule has 0 aromatic heterocycles. The van der Waals surface area contributed by atoms with Crippen molar-refractivity contribution in [2.24, 2.45) is 0 Å². The summed E-state index contributed by atoms with van der Waals surface area (Å²) in [5.41, 5.74) is -1.61. The maximum atomic E-state index is 13.4. The van der Waals surface area contributed by atoms with Crippen LogP contribution in [0.25, 0.3) is 5.57 Å². The Labute approximate surface area is 101 Å². The zero-order valence-corrected chi connectivity index (χ0v) is 9.60. The zero-order valence-electron chi connectivity index (χ0n) is 9.60. The molecular weight excluding hydrogens is 252 g/mol. The van der Waals surface area contributed by atoms with E-state index in [1.807, 2.05) is 0 Å². The van der Waals surface area contributed by atoms with Crippen molar-refractivity contribution in [3.8, 4) is 0 Å². The second kappa shape index (κ2) is 4.80. The highest BCUT2D eigenvalue weighted by molar-refractivity contribution is 5.95. The molecule has 0 spiro atoms. The summed E-state index contributed by atoms with van der Waals surface area (Å²) in [6.07, 6.45) is -4.60. The van der Waals surface area contributed by atoms with Crippen LogP contribution in [0.4, 0.5) is 17.6 Å². The lowest BCUT2D eigenvalue weighted by atomic mass is 9.99. The van der Waals surface area contributed by atoms with E-state index in [-0.39, 0.29) is 16.7 Å². The first kappa shape index (κ1) is 14.2. The third kappa shape index (κ3) is 2.88. The average Bonchev–Trinajstić information content (AvgIpc) is 2.26. The molecule has 0 aliphatic rings. The number of hydrogen-bond acceptors (Lipinski definition) is 1. The highest BCUT2D eigenvalue weighted by Gasteiger charge is 2.31. The van der Waals surface area contributed by atoms with Crippen molar-refractivity contribution in [1.82, 2.24) is 0 Å². The van der Waals surface area contributed by atoms with Crippen molar-refractivity contribution < 1.29 is 27.5 Å². The molecule has 1 N–H and O–H groups in total. The number of carboxylic acids is 1. The molecule has 0 unspecified atom stereocenters. The number of alkyl halides is 3. The third-order valence-corrected chi connectivity index (χ3v) is 2.58. The lowest BCUT2D eigenvalue weighted by molar-refractivity contribution is -0.137. The van der Waals surface area contributed by atoms with E-state index in [1.165, 1.54) is 13.8 Å². The van der Waals surface area contributed by atoms with Crippen molar-refractivity contribution in [3.05, 3.63) is 40.7 Å². The number of allylic oxidation sites excluding steroid dienone is 1. The fourth-order valence-corrected chi connectivity index (χ4v) is 1.35. The van der Waals surface area contributed by atoms with Gasteiger partial charge in [0.2, 0.25) is 0 Å². The van der Waals surface area contributed by atoms with Crippen molar-refractivity contribution in [2.75, 3.05) is 0 Å². The maximum Gasteiger partial charge on any atom is 0.416 e. The number of rotatable bonds is 2. The molecular formula is C12H10F4O2. The summed E-state index contributed by atoms with van der Waals surface area (Å²) in [5.74, 6) is -2.19. The smallest absolute Gasteiger partial charge is 0.416 e. The molecule has 0 fully saturated rings. The molecule has 0 aliphatic carbocycles. The molecule has 98 valence electrons. The number of hydrogen-bond donors (Lipinski definition) is 1. The van der Waals surface area contributed by atoms with Gasteiger partial charge in [-0.3, -0.25) is 0 Å². The monoisotopic (exact) mass is 262 g/mol. The predicted molar refractivity (Wildman–Crippen MR) is 57.3 cm³/mol. The van der Waals surface area contributed by atoms with E-state index in [4.69, 9.17) is 5.11 Å². The Hall–Kier alpha value is -1.85. The van der Waals surface area contributed by atoms with Crippen molar-refractivity contribution in [2.45, 2.75) is 20.0 Å². The SMILES string of the molecule is C/C(C(=O)O)=C(\C)c1cc(C(F)(F)F)ccc1F. The molecule has 1 rings (SSSR count). The van der Waals surface area contributed by atoms with Crippen LogP contribution in [0.15, 0.2) is 23.8 Å². The maximum absolute atomic E-state index is 13.4. The van der Waals surface area contributed by atoms with Crippen LogP contribution in [0.1, 0.15) is 25.0 Å². The predicted octanol–water partition coefficient (Wildman–Crippen LogP) is 3.72. The first-order valence-electron chi connectivity index (χ1n) is 4.92. The summed E-state index contributed by atoms with van der Waals surface area (Å²) in [4.78, 5) is 10.7. The Kier molecular flexibility index (Phi) is 3.79. The van der Waals surface area contributed by atoms with Crippen LogP contribution in [0.3, 0.4) is 0 Å². The van der Waals surface area contributed by atoms with Gasteiger partial charge in [0.1, 0.15) is 5.82 Å². The minimum Gasteiger partial charge on any atom is -0.478 e. The largest absolute Gasteiger partial charge is 0.478 e. The normalized spacial score (nSPS) is 13.2. The van der Waals surface area contributed by atoms with Gasteiger partial charge >= 0.3 is 12.1 Å². The van der Waals surface area contributed by atoms with E-state index in [1.54, 1.807) is 0 Å². The summed E-state index contributed by atoms with van der Waals surface area (Å²) < 4.78 is 50.8. The van der Waals surface area contributed by atoms with Crippen LogP contribution in [-0.4, -0.2) is 11.1 Å². The van der Waals surface area contributed by atoms with E-state index < -0.39 is 23.5 Å². The van der Waals surface area contributed by atoms with E-state index >= 15 is 0 Å². The van der Waals surface area contributed by atoms with E-state index in [2.05, 4.69) is 0 Å². The van der Waals surface area contributed by atoms with Crippen molar-refractivity contribution in [1.29, 1.82) is 0 Å². The molecule has 0 atom stereocenters. The Morgan fingerprint density at radius 3 is 2.22 bits per heavy atom. The van der Waals surface area contributed by atoms with Gasteiger partial charge in [-0.2, -0.15) is 13.2 Å². The van der Waals surface area contributed by atoms with E-state index in [9.17, 15) is 22.4 Å². The Balaban J connectivity index is 3.42. The van der Waals surface area contributed by atoms with Gasteiger partial charge in [-0.25, -0.2) is 9.18 Å². The van der Waals surface area contributed by atoms with Gasteiger partial charge < -0.3 is 5.11 Å². The van der Waals surface area contributed by atoms with Gasteiger partial charge in [-0.05, 0) is 37.6 Å². The molecule has 0 aliphatic heterocycles. The Morgan fingerprint density at radius 2 is 1.78 bits per heavy atom. The molecule has 18 heavy (non-hydrogen) atoms. The summed E-state index contributed by atoms with van der Waals surface area (Å²) >= 11 is 0. The number of aliphatic carboxylic acids is 1. The number of carboxylic acid groups (broad SMARTS) is 1. The highest BCUT2D eigenvalue weighted by Crippen LogP contribution is 2.32. The van der Waals surface area contributed by atoms with Gasteiger partial charge in [0, 0.05) is 11.1 Å².